The second-order valence-electron chi connectivity index (χ2n) is 4.60. The fourth-order valence-electron chi connectivity index (χ4n) is 1.80. The van der Waals surface area contributed by atoms with Crippen molar-refractivity contribution in [1.29, 1.82) is 5.41 Å². The highest BCUT2D eigenvalue weighted by molar-refractivity contribution is 7.13. The standard InChI is InChI=1S/C11H18N7O3P/c12-8(3-4-15-22)20-5-7-9(6-1-2-6)17-21-10(7)18(14)11(19)16-13/h3-4,6,12,15H,1-2,5,13-14,22H2,(H,16,19)/b4-3-,12-8?. The van der Waals surface area contributed by atoms with Crippen molar-refractivity contribution in [3.8, 4) is 0 Å². The number of hydrogen-bond donors (Lipinski definition) is 5. The van der Waals surface area contributed by atoms with Crippen molar-refractivity contribution in [3.63, 3.8) is 0 Å². The van der Waals surface area contributed by atoms with E-state index in [0.717, 1.165) is 17.9 Å². The quantitative estimate of drug-likeness (QED) is 0.125. The van der Waals surface area contributed by atoms with E-state index in [4.69, 9.17) is 26.4 Å². The van der Waals surface area contributed by atoms with E-state index in [1.165, 1.54) is 12.3 Å². The van der Waals surface area contributed by atoms with Gasteiger partial charge in [0.2, 0.25) is 5.90 Å². The molecule has 0 aromatic carbocycles. The van der Waals surface area contributed by atoms with Crippen LogP contribution in [0.3, 0.4) is 0 Å². The summed E-state index contributed by atoms with van der Waals surface area (Å²) in [5, 5.41) is 15.0. The summed E-state index contributed by atoms with van der Waals surface area (Å²) in [6.07, 6.45) is 4.94. The van der Waals surface area contributed by atoms with Crippen LogP contribution in [0.15, 0.2) is 16.8 Å². The first kappa shape index (κ1) is 16.2. The average molecular weight is 327 g/mol. The molecule has 1 aromatic rings. The zero-order valence-electron chi connectivity index (χ0n) is 11.7. The minimum absolute atomic E-state index is 0.0102. The van der Waals surface area contributed by atoms with Gasteiger partial charge in [-0.05, 0) is 22.2 Å². The largest absolute Gasteiger partial charge is 0.473 e. The number of carbonyl (C=O) groups is 1. The SMILES string of the molecule is N=C(/C=C\NP)OCc1c(C2CC2)noc1N(N)C(=O)NN. The van der Waals surface area contributed by atoms with E-state index in [-0.39, 0.29) is 24.3 Å². The van der Waals surface area contributed by atoms with E-state index in [9.17, 15) is 4.79 Å². The molecule has 0 spiro atoms. The highest BCUT2D eigenvalue weighted by Crippen LogP contribution is 2.43. The third kappa shape index (κ3) is 3.73. The van der Waals surface area contributed by atoms with Crippen LogP contribution in [0, 0.1) is 5.41 Å². The molecular formula is C11H18N7O3P. The zero-order valence-corrected chi connectivity index (χ0v) is 12.9. The van der Waals surface area contributed by atoms with Gasteiger partial charge in [0.25, 0.3) is 5.88 Å². The molecular weight excluding hydrogens is 309 g/mol. The molecule has 10 nitrogen and oxygen atoms in total. The Morgan fingerprint density at radius 1 is 1.64 bits per heavy atom. The van der Waals surface area contributed by atoms with Gasteiger partial charge in [-0.2, -0.15) is 5.01 Å². The maximum absolute atomic E-state index is 11.5. The Hall–Kier alpha value is -2.16. The Morgan fingerprint density at radius 3 is 2.95 bits per heavy atom. The van der Waals surface area contributed by atoms with Gasteiger partial charge in [0.15, 0.2) is 0 Å². The average Bonchev–Trinajstić information content (AvgIpc) is 3.29. The molecule has 1 atom stereocenters. The number of nitrogens with zero attached hydrogens (tertiary/aromatic N) is 2. The molecule has 1 saturated carbocycles. The molecule has 2 amide bonds. The van der Waals surface area contributed by atoms with Crippen molar-refractivity contribution in [3.05, 3.63) is 23.5 Å². The lowest BCUT2D eigenvalue weighted by Gasteiger charge is -2.14. The normalized spacial score (nSPS) is 14.0. The van der Waals surface area contributed by atoms with Crippen molar-refractivity contribution >= 4 is 27.2 Å². The molecule has 0 saturated heterocycles. The minimum Gasteiger partial charge on any atom is -0.473 e. The van der Waals surface area contributed by atoms with Crippen LogP contribution in [-0.4, -0.2) is 17.1 Å². The lowest BCUT2D eigenvalue weighted by atomic mass is 10.2. The zero-order chi connectivity index (χ0) is 16.1. The first-order valence-electron chi connectivity index (χ1n) is 6.46. The number of anilines is 1. The number of carbonyl (C=O) groups excluding carboxylic acids is 1. The molecule has 7 N–H and O–H groups in total. The van der Waals surface area contributed by atoms with Crippen LogP contribution in [0.2, 0.25) is 0 Å². The summed E-state index contributed by atoms with van der Waals surface area (Å²) in [4.78, 5) is 11.5. The maximum Gasteiger partial charge on any atom is 0.353 e. The predicted molar refractivity (Wildman–Crippen MR) is 82.4 cm³/mol. The number of hydrogen-bond acceptors (Lipinski definition) is 8. The van der Waals surface area contributed by atoms with Gasteiger partial charge in [0.1, 0.15) is 6.61 Å². The van der Waals surface area contributed by atoms with Crippen LogP contribution in [0.25, 0.3) is 0 Å². The fraction of sp³-hybridized carbons (Fsp3) is 0.364. The number of nitrogens with two attached hydrogens (primary N) is 2. The van der Waals surface area contributed by atoms with Crippen LogP contribution < -0.4 is 27.2 Å². The summed E-state index contributed by atoms with van der Waals surface area (Å²) in [6.45, 7) is 0.0102. The van der Waals surface area contributed by atoms with Crippen LogP contribution in [0.4, 0.5) is 10.7 Å². The molecule has 0 aliphatic heterocycles. The Balaban J connectivity index is 2.16. The molecule has 0 radical (unpaired) electrons. The highest BCUT2D eigenvalue weighted by Gasteiger charge is 2.34. The van der Waals surface area contributed by atoms with E-state index in [2.05, 4.69) is 19.6 Å². The first-order chi connectivity index (χ1) is 10.6. The Kier molecular flexibility index (Phi) is 5.31. The fourth-order valence-corrected chi connectivity index (χ4v) is 1.89. The van der Waals surface area contributed by atoms with E-state index in [0.29, 0.717) is 11.3 Å². The third-order valence-corrected chi connectivity index (χ3v) is 3.22. The van der Waals surface area contributed by atoms with Crippen LogP contribution in [0.1, 0.15) is 30.0 Å². The van der Waals surface area contributed by atoms with E-state index in [1.807, 2.05) is 5.43 Å². The van der Waals surface area contributed by atoms with Crippen LogP contribution >= 0.6 is 9.39 Å². The maximum atomic E-state index is 11.5. The van der Waals surface area contributed by atoms with Crippen molar-refractivity contribution < 1.29 is 14.1 Å². The second-order valence-corrected chi connectivity index (χ2v) is 4.93. The summed E-state index contributed by atoms with van der Waals surface area (Å²) in [5.41, 5.74) is 3.13. The molecule has 1 aromatic heterocycles. The van der Waals surface area contributed by atoms with Crippen LogP contribution in [-0.2, 0) is 11.3 Å². The summed E-state index contributed by atoms with van der Waals surface area (Å²) in [6, 6.07) is -0.748. The number of rotatable bonds is 6. The molecule has 11 heteroatoms. The van der Waals surface area contributed by atoms with Gasteiger partial charge in [-0.3, -0.25) is 10.8 Å². The van der Waals surface area contributed by atoms with Gasteiger partial charge in [0, 0.05) is 18.2 Å². The summed E-state index contributed by atoms with van der Waals surface area (Å²) < 4.78 is 10.5. The van der Waals surface area contributed by atoms with Gasteiger partial charge in [-0.1, -0.05) is 5.16 Å². The molecule has 22 heavy (non-hydrogen) atoms. The highest BCUT2D eigenvalue weighted by atomic mass is 31.0. The van der Waals surface area contributed by atoms with Crippen LogP contribution in [0.5, 0.6) is 0 Å². The minimum atomic E-state index is -0.748. The van der Waals surface area contributed by atoms with E-state index in [1.54, 1.807) is 0 Å². The first-order valence-corrected chi connectivity index (χ1v) is 7.04. The topological polar surface area (TPSA) is 156 Å². The van der Waals surface area contributed by atoms with Gasteiger partial charge in [-0.25, -0.2) is 16.5 Å². The lowest BCUT2D eigenvalue weighted by molar-refractivity contribution is 0.244. The number of nitrogens with one attached hydrogen (secondary N) is 3. The number of amides is 2. The number of ether oxygens (including phenoxy) is 1. The van der Waals surface area contributed by atoms with E-state index >= 15 is 0 Å². The lowest BCUT2D eigenvalue weighted by Crippen LogP contribution is -2.47. The molecule has 1 aliphatic carbocycles. The Morgan fingerprint density at radius 2 is 2.36 bits per heavy atom. The van der Waals surface area contributed by atoms with E-state index < -0.39 is 6.03 Å². The summed E-state index contributed by atoms with van der Waals surface area (Å²) >= 11 is 0. The second kappa shape index (κ2) is 7.21. The molecule has 120 valence electrons. The number of urea groups is 1. The molecule has 2 rings (SSSR count). The Labute approximate surface area is 128 Å². The van der Waals surface area contributed by atoms with Gasteiger partial charge in [-0.15, -0.1) is 0 Å². The smallest absolute Gasteiger partial charge is 0.353 e. The van der Waals surface area contributed by atoms with Crippen molar-refractivity contribution in [2.24, 2.45) is 11.7 Å². The summed E-state index contributed by atoms with van der Waals surface area (Å²) in [5.74, 6) is 10.9. The molecule has 1 aliphatic rings. The predicted octanol–water partition coefficient (Wildman–Crippen LogP) is 0.203. The molecule has 1 heterocycles. The van der Waals surface area contributed by atoms with Crippen molar-refractivity contribution in [2.75, 3.05) is 5.01 Å². The summed E-state index contributed by atoms with van der Waals surface area (Å²) in [7, 11) is 2.27. The number of aromatic nitrogens is 1. The molecule has 1 fully saturated rings. The van der Waals surface area contributed by atoms with Gasteiger partial charge in [0.05, 0.1) is 11.3 Å². The monoisotopic (exact) mass is 327 g/mol. The van der Waals surface area contributed by atoms with Gasteiger partial charge >= 0.3 is 6.03 Å². The third-order valence-electron chi connectivity index (χ3n) is 3.03. The molecule has 0 bridgehead atoms. The van der Waals surface area contributed by atoms with Crippen molar-refractivity contribution in [1.82, 2.24) is 15.7 Å². The number of hydrazine groups is 2. The Bertz CT molecular complexity index is 584. The van der Waals surface area contributed by atoms with Crippen molar-refractivity contribution in [2.45, 2.75) is 25.4 Å². The molecule has 1 unspecified atom stereocenters. The van der Waals surface area contributed by atoms with Gasteiger partial charge < -0.3 is 14.3 Å².